The molecule has 0 radical (unpaired) electrons. The van der Waals surface area contributed by atoms with E-state index in [-0.39, 0.29) is 23.7 Å². The molecule has 0 aromatic heterocycles. The van der Waals surface area contributed by atoms with Crippen molar-refractivity contribution in [2.75, 3.05) is 13.1 Å². The summed E-state index contributed by atoms with van der Waals surface area (Å²) >= 11 is 0. The van der Waals surface area contributed by atoms with Gasteiger partial charge in [-0.05, 0) is 49.4 Å². The molecule has 2 aliphatic rings. The summed E-state index contributed by atoms with van der Waals surface area (Å²) in [4.78, 5) is 11.7. The lowest BCUT2D eigenvalue weighted by Crippen LogP contribution is -2.36. The molecule has 0 aliphatic heterocycles. The van der Waals surface area contributed by atoms with Crippen LogP contribution in [0.5, 0.6) is 0 Å². The van der Waals surface area contributed by atoms with E-state index < -0.39 is 0 Å². The summed E-state index contributed by atoms with van der Waals surface area (Å²) in [6.45, 7) is 1.34. The van der Waals surface area contributed by atoms with E-state index in [1.54, 1.807) is 12.1 Å². The molecule has 2 aliphatic carbocycles. The summed E-state index contributed by atoms with van der Waals surface area (Å²) in [5, 5.41) is 6.16. The van der Waals surface area contributed by atoms with Gasteiger partial charge in [0.15, 0.2) is 0 Å². The van der Waals surface area contributed by atoms with Gasteiger partial charge in [0.1, 0.15) is 5.82 Å². The number of carbonyl (C=O) groups excluding carboxylic acids is 1. The van der Waals surface area contributed by atoms with Crippen molar-refractivity contribution in [3.63, 3.8) is 0 Å². The number of carbonyl (C=O) groups is 1. The molecule has 1 amide bonds. The predicted octanol–water partition coefficient (Wildman–Crippen LogP) is 1.80. The largest absolute Gasteiger partial charge is 0.352 e. The van der Waals surface area contributed by atoms with Crippen LogP contribution in [0.4, 0.5) is 4.39 Å². The van der Waals surface area contributed by atoms with Crippen LogP contribution in [0.2, 0.25) is 0 Å². The predicted molar refractivity (Wildman–Crippen MR) is 71.3 cm³/mol. The smallest absolute Gasteiger partial charge is 0.234 e. The van der Waals surface area contributed by atoms with Crippen LogP contribution in [0, 0.1) is 11.7 Å². The number of rotatable bonds is 6. The first-order valence-electron chi connectivity index (χ1n) is 6.98. The number of hydrogen-bond acceptors (Lipinski definition) is 2. The SMILES string of the molecule is O=C(CNCC1CC1)NC1CC1c1cccc(F)c1. The van der Waals surface area contributed by atoms with E-state index in [9.17, 15) is 9.18 Å². The zero-order valence-electron chi connectivity index (χ0n) is 10.9. The summed E-state index contributed by atoms with van der Waals surface area (Å²) < 4.78 is 13.1. The Bertz CT molecular complexity index is 473. The van der Waals surface area contributed by atoms with Gasteiger partial charge in [-0.25, -0.2) is 4.39 Å². The van der Waals surface area contributed by atoms with E-state index >= 15 is 0 Å². The second-order valence-electron chi connectivity index (χ2n) is 5.65. The van der Waals surface area contributed by atoms with Gasteiger partial charge < -0.3 is 10.6 Å². The molecule has 2 unspecified atom stereocenters. The Morgan fingerprint density at radius 2 is 2.21 bits per heavy atom. The zero-order valence-corrected chi connectivity index (χ0v) is 10.9. The van der Waals surface area contributed by atoms with Gasteiger partial charge in [0.25, 0.3) is 0 Å². The maximum atomic E-state index is 13.1. The maximum absolute atomic E-state index is 13.1. The summed E-state index contributed by atoms with van der Waals surface area (Å²) in [5.41, 5.74) is 0.983. The van der Waals surface area contributed by atoms with Crippen molar-refractivity contribution < 1.29 is 9.18 Å². The zero-order chi connectivity index (χ0) is 13.2. The molecule has 2 atom stereocenters. The molecule has 102 valence electrons. The van der Waals surface area contributed by atoms with E-state index in [1.165, 1.54) is 18.9 Å². The first-order valence-corrected chi connectivity index (χ1v) is 6.98. The molecule has 1 aromatic rings. The van der Waals surface area contributed by atoms with E-state index in [2.05, 4.69) is 10.6 Å². The molecule has 3 nitrogen and oxygen atoms in total. The minimum absolute atomic E-state index is 0.0459. The third kappa shape index (κ3) is 3.53. The highest BCUT2D eigenvalue weighted by atomic mass is 19.1. The molecule has 3 rings (SSSR count). The van der Waals surface area contributed by atoms with E-state index in [0.29, 0.717) is 6.54 Å². The molecule has 0 spiro atoms. The van der Waals surface area contributed by atoms with Crippen molar-refractivity contribution in [2.45, 2.75) is 31.2 Å². The minimum atomic E-state index is -0.208. The van der Waals surface area contributed by atoms with Crippen molar-refractivity contribution in [3.05, 3.63) is 35.6 Å². The topological polar surface area (TPSA) is 41.1 Å². The number of nitrogens with one attached hydrogen (secondary N) is 2. The normalized spacial score (nSPS) is 25.1. The van der Waals surface area contributed by atoms with E-state index in [0.717, 1.165) is 24.4 Å². The second-order valence-corrected chi connectivity index (χ2v) is 5.65. The van der Waals surface area contributed by atoms with E-state index in [1.807, 2.05) is 6.07 Å². The Kier molecular flexibility index (Phi) is 3.51. The van der Waals surface area contributed by atoms with Gasteiger partial charge in [-0.1, -0.05) is 12.1 Å². The quantitative estimate of drug-likeness (QED) is 0.820. The van der Waals surface area contributed by atoms with Crippen LogP contribution in [0.3, 0.4) is 0 Å². The van der Waals surface area contributed by atoms with Crippen molar-refractivity contribution in [2.24, 2.45) is 5.92 Å². The van der Waals surface area contributed by atoms with Crippen LogP contribution < -0.4 is 10.6 Å². The standard InChI is InChI=1S/C15H19FN2O/c16-12-3-1-2-11(6-12)13-7-14(13)18-15(19)9-17-8-10-4-5-10/h1-3,6,10,13-14,17H,4-5,7-9H2,(H,18,19). The van der Waals surface area contributed by atoms with E-state index in [4.69, 9.17) is 0 Å². The van der Waals surface area contributed by atoms with Crippen LogP contribution in [0.25, 0.3) is 0 Å². The van der Waals surface area contributed by atoms with Gasteiger partial charge >= 0.3 is 0 Å². The summed E-state index contributed by atoms with van der Waals surface area (Å²) in [6, 6.07) is 6.82. The molecule has 19 heavy (non-hydrogen) atoms. The molecule has 0 bridgehead atoms. The summed E-state index contributed by atoms with van der Waals surface area (Å²) in [7, 11) is 0. The fraction of sp³-hybridized carbons (Fsp3) is 0.533. The molecule has 4 heteroatoms. The molecule has 2 N–H and O–H groups in total. The molecule has 1 aromatic carbocycles. The summed E-state index contributed by atoms with van der Waals surface area (Å²) in [5.74, 6) is 0.905. The molecular formula is C15H19FN2O. The molecule has 0 heterocycles. The van der Waals surface area contributed by atoms with Gasteiger partial charge in [0.05, 0.1) is 6.54 Å². The minimum Gasteiger partial charge on any atom is -0.352 e. The van der Waals surface area contributed by atoms with Gasteiger partial charge in [-0.3, -0.25) is 4.79 Å². The Morgan fingerprint density at radius 1 is 1.37 bits per heavy atom. The van der Waals surface area contributed by atoms with Crippen molar-refractivity contribution >= 4 is 5.91 Å². The number of halogens is 1. The highest BCUT2D eigenvalue weighted by Gasteiger charge is 2.39. The number of amides is 1. The highest BCUT2D eigenvalue weighted by Crippen LogP contribution is 2.40. The molecule has 2 saturated carbocycles. The Hall–Kier alpha value is -1.42. The molecule has 0 saturated heterocycles. The fourth-order valence-corrected chi connectivity index (χ4v) is 2.43. The maximum Gasteiger partial charge on any atom is 0.234 e. The number of hydrogen-bond donors (Lipinski definition) is 2. The fourth-order valence-electron chi connectivity index (χ4n) is 2.43. The molecule has 2 fully saturated rings. The lowest BCUT2D eigenvalue weighted by Gasteiger charge is -2.06. The Labute approximate surface area is 112 Å². The third-order valence-corrected chi connectivity index (χ3v) is 3.83. The van der Waals surface area contributed by atoms with Gasteiger partial charge in [-0.2, -0.15) is 0 Å². The highest BCUT2D eigenvalue weighted by molar-refractivity contribution is 5.78. The Morgan fingerprint density at radius 3 is 2.95 bits per heavy atom. The third-order valence-electron chi connectivity index (χ3n) is 3.83. The van der Waals surface area contributed by atoms with Crippen molar-refractivity contribution in [3.8, 4) is 0 Å². The average molecular weight is 262 g/mol. The summed E-state index contributed by atoms with van der Waals surface area (Å²) in [6.07, 6.45) is 3.50. The van der Waals surface area contributed by atoms with Gasteiger partial charge in [0, 0.05) is 12.0 Å². The lowest BCUT2D eigenvalue weighted by molar-refractivity contribution is -0.120. The number of benzene rings is 1. The van der Waals surface area contributed by atoms with Gasteiger partial charge in [0.2, 0.25) is 5.91 Å². The van der Waals surface area contributed by atoms with Crippen molar-refractivity contribution in [1.82, 2.24) is 10.6 Å². The average Bonchev–Trinajstić information content (AvgIpc) is 3.24. The van der Waals surface area contributed by atoms with Crippen LogP contribution in [-0.2, 0) is 4.79 Å². The van der Waals surface area contributed by atoms with Crippen LogP contribution in [-0.4, -0.2) is 25.0 Å². The molecular weight excluding hydrogens is 243 g/mol. The Balaban J connectivity index is 1.41. The van der Waals surface area contributed by atoms with Gasteiger partial charge in [-0.15, -0.1) is 0 Å². The lowest BCUT2D eigenvalue weighted by atomic mass is 10.1. The first-order chi connectivity index (χ1) is 9.22. The van der Waals surface area contributed by atoms with Crippen LogP contribution >= 0.6 is 0 Å². The van der Waals surface area contributed by atoms with Crippen LogP contribution in [0.15, 0.2) is 24.3 Å². The monoisotopic (exact) mass is 262 g/mol. The second kappa shape index (κ2) is 5.29. The first kappa shape index (κ1) is 12.6. The van der Waals surface area contributed by atoms with Crippen LogP contribution in [0.1, 0.15) is 30.7 Å². The van der Waals surface area contributed by atoms with Crippen molar-refractivity contribution in [1.29, 1.82) is 0 Å².